The maximum absolute atomic E-state index is 9.50. The fourth-order valence-corrected chi connectivity index (χ4v) is 0.869. The monoisotopic (exact) mass is 142 g/mol. The third-order valence-electron chi connectivity index (χ3n) is 1.97. The van der Waals surface area contributed by atoms with E-state index >= 15 is 0 Å². The highest BCUT2D eigenvalue weighted by molar-refractivity contribution is 4.97. The molecule has 2 atom stereocenters. The summed E-state index contributed by atoms with van der Waals surface area (Å²) < 4.78 is 0. The molecular weight excluding hydrogens is 124 g/mol. The first kappa shape index (κ1) is 9.70. The van der Waals surface area contributed by atoms with Crippen LogP contribution in [0.25, 0.3) is 0 Å². The maximum Gasteiger partial charge on any atom is 0.0625 e. The van der Waals surface area contributed by atoms with E-state index in [0.717, 1.165) is 5.57 Å². The Hall–Kier alpha value is -0.300. The Morgan fingerprint density at radius 3 is 1.80 bits per heavy atom. The van der Waals surface area contributed by atoms with Crippen LogP contribution >= 0.6 is 0 Å². The lowest BCUT2D eigenvalue weighted by molar-refractivity contribution is 0.0869. The molecule has 0 aromatic rings. The predicted molar refractivity (Wildman–Crippen MR) is 44.8 cm³/mol. The average Bonchev–Trinajstić information content (AvgIpc) is 1.84. The number of hydrogen-bond acceptors (Lipinski definition) is 1. The Morgan fingerprint density at radius 2 is 1.70 bits per heavy atom. The molecule has 0 saturated carbocycles. The molecule has 60 valence electrons. The second-order valence-corrected chi connectivity index (χ2v) is 3.37. The molecule has 0 heterocycles. The van der Waals surface area contributed by atoms with E-state index in [4.69, 9.17) is 0 Å². The summed E-state index contributed by atoms with van der Waals surface area (Å²) in [6.07, 6.45) is -0.238. The largest absolute Gasteiger partial charge is 0.392 e. The molecule has 1 N–H and O–H groups in total. The van der Waals surface area contributed by atoms with Crippen molar-refractivity contribution < 1.29 is 5.11 Å². The molecule has 0 aliphatic rings. The molecule has 0 bridgehead atoms. The van der Waals surface area contributed by atoms with Gasteiger partial charge in [-0.3, -0.25) is 0 Å². The van der Waals surface area contributed by atoms with Crippen molar-refractivity contribution in [3.05, 3.63) is 12.2 Å². The van der Waals surface area contributed by atoms with Crippen LogP contribution in [-0.4, -0.2) is 11.2 Å². The molecule has 10 heavy (non-hydrogen) atoms. The molecule has 0 unspecified atom stereocenters. The zero-order valence-corrected chi connectivity index (χ0v) is 7.39. The molecule has 0 radical (unpaired) electrons. The second-order valence-electron chi connectivity index (χ2n) is 3.37. The van der Waals surface area contributed by atoms with Crippen molar-refractivity contribution in [3.63, 3.8) is 0 Å². The van der Waals surface area contributed by atoms with E-state index < -0.39 is 0 Å². The SMILES string of the molecule is C=C(C)[C@@H](C)[C@H](O)C(C)C. The fraction of sp³-hybridized carbons (Fsp3) is 0.778. The van der Waals surface area contributed by atoms with E-state index in [2.05, 4.69) is 6.58 Å². The zero-order valence-electron chi connectivity index (χ0n) is 7.39. The first-order chi connectivity index (χ1) is 4.46. The van der Waals surface area contributed by atoms with Crippen LogP contribution in [0.1, 0.15) is 27.7 Å². The van der Waals surface area contributed by atoms with Crippen molar-refractivity contribution in [2.45, 2.75) is 33.8 Å². The van der Waals surface area contributed by atoms with Crippen LogP contribution in [0.4, 0.5) is 0 Å². The Morgan fingerprint density at radius 1 is 1.30 bits per heavy atom. The molecule has 0 saturated heterocycles. The number of aliphatic hydroxyl groups excluding tert-OH is 1. The van der Waals surface area contributed by atoms with E-state index in [9.17, 15) is 5.11 Å². The van der Waals surface area contributed by atoms with Crippen molar-refractivity contribution >= 4 is 0 Å². The van der Waals surface area contributed by atoms with Crippen LogP contribution in [-0.2, 0) is 0 Å². The van der Waals surface area contributed by atoms with E-state index in [1.165, 1.54) is 0 Å². The second kappa shape index (κ2) is 3.77. The van der Waals surface area contributed by atoms with Gasteiger partial charge in [0, 0.05) is 5.92 Å². The highest BCUT2D eigenvalue weighted by Gasteiger charge is 2.17. The molecule has 0 amide bonds. The topological polar surface area (TPSA) is 20.2 Å². The summed E-state index contributed by atoms with van der Waals surface area (Å²) in [5.41, 5.74) is 1.06. The molecule has 0 aromatic heterocycles. The van der Waals surface area contributed by atoms with Gasteiger partial charge >= 0.3 is 0 Å². The summed E-state index contributed by atoms with van der Waals surface area (Å²) in [6.45, 7) is 11.8. The van der Waals surface area contributed by atoms with Crippen molar-refractivity contribution in [1.29, 1.82) is 0 Å². The van der Waals surface area contributed by atoms with Crippen molar-refractivity contribution in [2.24, 2.45) is 11.8 Å². The molecule has 0 aliphatic heterocycles. The van der Waals surface area contributed by atoms with Crippen LogP contribution < -0.4 is 0 Å². The lowest BCUT2D eigenvalue weighted by Gasteiger charge is -2.21. The summed E-state index contributed by atoms with van der Waals surface area (Å²) >= 11 is 0. The van der Waals surface area contributed by atoms with Crippen molar-refractivity contribution in [1.82, 2.24) is 0 Å². The Kier molecular flexibility index (Phi) is 3.66. The van der Waals surface area contributed by atoms with Crippen molar-refractivity contribution in [3.8, 4) is 0 Å². The molecule has 0 fully saturated rings. The first-order valence-electron chi connectivity index (χ1n) is 3.80. The van der Waals surface area contributed by atoms with Gasteiger partial charge in [0.25, 0.3) is 0 Å². The van der Waals surface area contributed by atoms with Crippen LogP contribution in [0.3, 0.4) is 0 Å². The summed E-state index contributed by atoms with van der Waals surface area (Å²) in [7, 11) is 0. The minimum atomic E-state index is -0.238. The number of hydrogen-bond donors (Lipinski definition) is 1. The molecule has 0 aliphatic carbocycles. The van der Waals surface area contributed by atoms with Gasteiger partial charge in [-0.1, -0.05) is 32.9 Å². The average molecular weight is 142 g/mol. The Labute approximate surface area is 63.8 Å². The highest BCUT2D eigenvalue weighted by Crippen LogP contribution is 2.18. The quantitative estimate of drug-likeness (QED) is 0.599. The van der Waals surface area contributed by atoms with Crippen LogP contribution in [0.5, 0.6) is 0 Å². The third kappa shape index (κ3) is 2.53. The van der Waals surface area contributed by atoms with E-state index in [1.807, 2.05) is 27.7 Å². The molecule has 0 rings (SSSR count). The smallest absolute Gasteiger partial charge is 0.0625 e. The third-order valence-corrected chi connectivity index (χ3v) is 1.97. The molecular formula is C9H18O. The zero-order chi connectivity index (χ0) is 8.31. The fourth-order valence-electron chi connectivity index (χ4n) is 0.869. The predicted octanol–water partition coefficient (Wildman–Crippen LogP) is 2.22. The Balaban J connectivity index is 3.94. The Bertz CT molecular complexity index is 116. The van der Waals surface area contributed by atoms with Gasteiger partial charge in [0.05, 0.1) is 6.10 Å². The van der Waals surface area contributed by atoms with E-state index in [0.29, 0.717) is 5.92 Å². The number of aliphatic hydroxyl groups is 1. The van der Waals surface area contributed by atoms with Gasteiger partial charge in [-0.05, 0) is 12.8 Å². The van der Waals surface area contributed by atoms with E-state index in [-0.39, 0.29) is 12.0 Å². The summed E-state index contributed by atoms with van der Waals surface area (Å²) in [6, 6.07) is 0. The van der Waals surface area contributed by atoms with Crippen LogP contribution in [0, 0.1) is 11.8 Å². The van der Waals surface area contributed by atoms with Crippen molar-refractivity contribution in [2.75, 3.05) is 0 Å². The lowest BCUT2D eigenvalue weighted by atomic mass is 9.90. The summed E-state index contributed by atoms with van der Waals surface area (Å²) in [5.74, 6) is 0.548. The minimum absolute atomic E-state index is 0.222. The molecule has 1 heteroatoms. The highest BCUT2D eigenvalue weighted by atomic mass is 16.3. The molecule has 0 aromatic carbocycles. The van der Waals surface area contributed by atoms with Crippen LogP contribution in [0.15, 0.2) is 12.2 Å². The first-order valence-corrected chi connectivity index (χ1v) is 3.80. The van der Waals surface area contributed by atoms with Gasteiger partial charge in [0.15, 0.2) is 0 Å². The summed E-state index contributed by atoms with van der Waals surface area (Å²) in [4.78, 5) is 0. The maximum atomic E-state index is 9.50. The molecule has 0 spiro atoms. The van der Waals surface area contributed by atoms with Crippen LogP contribution in [0.2, 0.25) is 0 Å². The lowest BCUT2D eigenvalue weighted by Crippen LogP contribution is -2.23. The van der Waals surface area contributed by atoms with Gasteiger partial charge in [0.1, 0.15) is 0 Å². The van der Waals surface area contributed by atoms with Gasteiger partial charge < -0.3 is 5.11 Å². The minimum Gasteiger partial charge on any atom is -0.392 e. The standard InChI is InChI=1S/C9H18O/c1-6(2)8(5)9(10)7(3)4/h7-10H,1H2,2-5H3/t8-,9-/m1/s1. The van der Waals surface area contributed by atoms with Gasteiger partial charge in [-0.2, -0.15) is 0 Å². The van der Waals surface area contributed by atoms with Gasteiger partial charge in [-0.15, -0.1) is 0 Å². The summed E-state index contributed by atoms with van der Waals surface area (Å²) in [5, 5.41) is 9.50. The molecule has 1 nitrogen and oxygen atoms in total. The van der Waals surface area contributed by atoms with Gasteiger partial charge in [-0.25, -0.2) is 0 Å². The van der Waals surface area contributed by atoms with E-state index in [1.54, 1.807) is 0 Å². The van der Waals surface area contributed by atoms with Gasteiger partial charge in [0.2, 0.25) is 0 Å². The number of rotatable bonds is 3. The normalized spacial score (nSPS) is 17.0.